The van der Waals surface area contributed by atoms with Crippen molar-refractivity contribution in [3.8, 4) is 0 Å². The summed E-state index contributed by atoms with van der Waals surface area (Å²) in [6.45, 7) is 1.89. The van der Waals surface area contributed by atoms with Crippen LogP contribution in [0.3, 0.4) is 0 Å². The number of halogens is 2. The molecule has 0 radical (unpaired) electrons. The van der Waals surface area contributed by atoms with Gasteiger partial charge in [0.05, 0.1) is 0 Å². The number of oxazole rings is 1. The summed E-state index contributed by atoms with van der Waals surface area (Å²) in [4.78, 5) is 17.9. The van der Waals surface area contributed by atoms with Crippen LogP contribution in [0.25, 0.3) is 11.1 Å². The van der Waals surface area contributed by atoms with Gasteiger partial charge in [-0.1, -0.05) is 0 Å². The van der Waals surface area contributed by atoms with Gasteiger partial charge in [0.1, 0.15) is 5.52 Å². The molecule has 6 nitrogen and oxygen atoms in total. The summed E-state index contributed by atoms with van der Waals surface area (Å²) in [6.07, 6.45) is 1.08. The smallest absolute Gasteiger partial charge is 0.297 e. The second kappa shape index (κ2) is 8.82. The maximum atomic E-state index is 11.7. The molecule has 1 heterocycles. The van der Waals surface area contributed by atoms with Crippen molar-refractivity contribution in [1.29, 1.82) is 0 Å². The van der Waals surface area contributed by atoms with Crippen LogP contribution in [0.15, 0.2) is 22.6 Å². The Kier molecular flexibility index (Phi) is 8.22. The summed E-state index contributed by atoms with van der Waals surface area (Å²) in [6, 6.07) is 5.98. The van der Waals surface area contributed by atoms with E-state index in [0.717, 1.165) is 5.52 Å². The second-order valence-electron chi connectivity index (χ2n) is 5.14. The van der Waals surface area contributed by atoms with Crippen molar-refractivity contribution in [2.75, 3.05) is 24.3 Å². The van der Waals surface area contributed by atoms with Gasteiger partial charge in [-0.05, 0) is 31.5 Å². The molecular weight excluding hydrogens is 327 g/mol. The number of hydrogen-bond donors (Lipinski definition) is 2. The Hall–Kier alpha value is -1.50. The Morgan fingerprint density at radius 2 is 2.09 bits per heavy atom. The molecule has 124 valence electrons. The third-order valence-corrected chi connectivity index (χ3v) is 2.87. The number of rotatable bonds is 5. The molecule has 0 saturated heterocycles. The number of nitrogens with zero attached hydrogens (tertiary/aromatic N) is 2. The number of carbonyl (C=O) groups is 1. The molecule has 1 aromatic carbocycles. The van der Waals surface area contributed by atoms with E-state index in [-0.39, 0.29) is 36.8 Å². The van der Waals surface area contributed by atoms with Crippen molar-refractivity contribution in [3.63, 3.8) is 0 Å². The molecule has 0 aliphatic heterocycles. The molecule has 0 aliphatic rings. The average molecular weight is 349 g/mol. The zero-order valence-corrected chi connectivity index (χ0v) is 14.5. The number of nitrogens with two attached hydrogens (primary N) is 1. The third-order valence-electron chi connectivity index (χ3n) is 2.87. The largest absolute Gasteiger partial charge is 0.423 e. The van der Waals surface area contributed by atoms with E-state index in [0.29, 0.717) is 30.1 Å². The third kappa shape index (κ3) is 5.36. The zero-order valence-electron chi connectivity index (χ0n) is 12.8. The number of anilines is 2. The molecule has 0 bridgehead atoms. The standard InChI is InChI=1S/C14H20N4O2.2ClH/c1-9(15)4-7-13(19)16-10-5-6-12-11(8-10)17-14(20-12)18(2)3;;/h5-6,8-9H,4,7,15H2,1-3H3,(H,16,19);2*1H. The van der Waals surface area contributed by atoms with Gasteiger partial charge in [-0.2, -0.15) is 4.98 Å². The molecule has 0 fully saturated rings. The topological polar surface area (TPSA) is 84.4 Å². The molecule has 1 unspecified atom stereocenters. The first-order valence-electron chi connectivity index (χ1n) is 6.59. The van der Waals surface area contributed by atoms with Crippen LogP contribution >= 0.6 is 24.8 Å². The van der Waals surface area contributed by atoms with Gasteiger partial charge in [-0.15, -0.1) is 24.8 Å². The number of carbonyl (C=O) groups excluding carboxylic acids is 1. The summed E-state index contributed by atoms with van der Waals surface area (Å²) in [5, 5.41) is 2.84. The van der Waals surface area contributed by atoms with Crippen LogP contribution in [0.1, 0.15) is 19.8 Å². The highest BCUT2D eigenvalue weighted by Gasteiger charge is 2.09. The van der Waals surface area contributed by atoms with E-state index >= 15 is 0 Å². The van der Waals surface area contributed by atoms with Crippen LogP contribution in [0.5, 0.6) is 0 Å². The molecule has 0 saturated carbocycles. The molecule has 3 N–H and O–H groups in total. The Bertz CT molecular complexity index is 614. The molecule has 1 aromatic heterocycles. The maximum absolute atomic E-state index is 11.7. The summed E-state index contributed by atoms with van der Waals surface area (Å²) < 4.78 is 5.55. The molecule has 0 spiro atoms. The van der Waals surface area contributed by atoms with E-state index in [9.17, 15) is 4.79 Å². The number of benzene rings is 1. The van der Waals surface area contributed by atoms with Crippen LogP contribution in [0, 0.1) is 0 Å². The minimum Gasteiger partial charge on any atom is -0.423 e. The van der Waals surface area contributed by atoms with Crippen LogP contribution < -0.4 is 16.0 Å². The van der Waals surface area contributed by atoms with Gasteiger partial charge in [0.25, 0.3) is 6.01 Å². The molecule has 1 amide bonds. The maximum Gasteiger partial charge on any atom is 0.297 e. The van der Waals surface area contributed by atoms with Crippen LogP contribution in [-0.2, 0) is 4.79 Å². The molecule has 22 heavy (non-hydrogen) atoms. The van der Waals surface area contributed by atoms with Gasteiger partial charge in [0, 0.05) is 32.2 Å². The summed E-state index contributed by atoms with van der Waals surface area (Å²) in [5.41, 5.74) is 7.76. The lowest BCUT2D eigenvalue weighted by molar-refractivity contribution is -0.116. The van der Waals surface area contributed by atoms with Gasteiger partial charge in [-0.3, -0.25) is 4.79 Å². The first-order chi connectivity index (χ1) is 9.45. The van der Waals surface area contributed by atoms with Gasteiger partial charge < -0.3 is 20.4 Å². The molecule has 2 rings (SSSR count). The molecule has 8 heteroatoms. The van der Waals surface area contributed by atoms with Gasteiger partial charge in [-0.25, -0.2) is 0 Å². The van der Waals surface area contributed by atoms with Gasteiger partial charge in [0.2, 0.25) is 5.91 Å². The first kappa shape index (κ1) is 20.5. The highest BCUT2D eigenvalue weighted by Crippen LogP contribution is 2.23. The minimum absolute atomic E-state index is 0. The lowest BCUT2D eigenvalue weighted by Crippen LogP contribution is -2.19. The Balaban J connectivity index is 0.00000220. The fourth-order valence-corrected chi connectivity index (χ4v) is 1.77. The van der Waals surface area contributed by atoms with E-state index < -0.39 is 0 Å². The number of fused-ring (bicyclic) bond motifs is 1. The van der Waals surface area contributed by atoms with E-state index in [1.165, 1.54) is 0 Å². The van der Waals surface area contributed by atoms with Gasteiger partial charge >= 0.3 is 0 Å². The number of aromatic nitrogens is 1. The van der Waals surface area contributed by atoms with Crippen molar-refractivity contribution in [2.45, 2.75) is 25.8 Å². The van der Waals surface area contributed by atoms with Crippen LogP contribution in [0.4, 0.5) is 11.7 Å². The van der Waals surface area contributed by atoms with E-state index in [1.54, 1.807) is 23.1 Å². The Morgan fingerprint density at radius 1 is 1.41 bits per heavy atom. The van der Waals surface area contributed by atoms with Crippen LogP contribution in [0.2, 0.25) is 0 Å². The zero-order chi connectivity index (χ0) is 14.7. The van der Waals surface area contributed by atoms with Crippen molar-refractivity contribution < 1.29 is 9.21 Å². The highest BCUT2D eigenvalue weighted by atomic mass is 35.5. The monoisotopic (exact) mass is 348 g/mol. The Morgan fingerprint density at radius 3 is 2.68 bits per heavy atom. The quantitative estimate of drug-likeness (QED) is 0.867. The molecule has 2 aromatic rings. The lowest BCUT2D eigenvalue weighted by atomic mass is 10.2. The highest BCUT2D eigenvalue weighted by molar-refractivity contribution is 5.92. The summed E-state index contributed by atoms with van der Waals surface area (Å²) >= 11 is 0. The molecule has 1 atom stereocenters. The van der Waals surface area contributed by atoms with E-state index in [4.69, 9.17) is 10.2 Å². The van der Waals surface area contributed by atoms with Crippen molar-refractivity contribution >= 4 is 53.5 Å². The predicted octanol–water partition coefficient (Wildman–Crippen LogP) is 2.80. The minimum atomic E-state index is -0.0435. The average Bonchev–Trinajstić information content (AvgIpc) is 2.79. The second-order valence-corrected chi connectivity index (χ2v) is 5.14. The fraction of sp³-hybridized carbons (Fsp3) is 0.429. The molecular formula is C14H22Cl2N4O2. The number of amides is 1. The summed E-state index contributed by atoms with van der Waals surface area (Å²) in [7, 11) is 3.72. The SMILES string of the molecule is CC(N)CCC(=O)Nc1ccc2oc(N(C)C)nc2c1.Cl.Cl. The lowest BCUT2D eigenvalue weighted by Gasteiger charge is -2.06. The first-order valence-corrected chi connectivity index (χ1v) is 6.59. The Labute approximate surface area is 142 Å². The number of hydrogen-bond acceptors (Lipinski definition) is 5. The number of nitrogens with one attached hydrogen (secondary N) is 1. The van der Waals surface area contributed by atoms with E-state index in [2.05, 4.69) is 10.3 Å². The fourth-order valence-electron chi connectivity index (χ4n) is 1.77. The van der Waals surface area contributed by atoms with Gasteiger partial charge in [0.15, 0.2) is 5.58 Å². The molecule has 0 aliphatic carbocycles. The van der Waals surface area contributed by atoms with Crippen molar-refractivity contribution in [1.82, 2.24) is 4.98 Å². The van der Waals surface area contributed by atoms with Crippen LogP contribution in [-0.4, -0.2) is 31.0 Å². The van der Waals surface area contributed by atoms with E-state index in [1.807, 2.05) is 21.0 Å². The predicted molar refractivity (Wildman–Crippen MR) is 94.3 cm³/mol. The van der Waals surface area contributed by atoms with Crippen molar-refractivity contribution in [3.05, 3.63) is 18.2 Å². The normalized spacial score (nSPS) is 11.3. The van der Waals surface area contributed by atoms with Crippen molar-refractivity contribution in [2.24, 2.45) is 5.73 Å². The summed E-state index contributed by atoms with van der Waals surface area (Å²) in [5.74, 6) is -0.0435.